The molecule has 0 saturated heterocycles. The summed E-state index contributed by atoms with van der Waals surface area (Å²) in [4.78, 5) is 5.27. The zero-order valence-electron chi connectivity index (χ0n) is 21.6. The van der Waals surface area contributed by atoms with Crippen molar-refractivity contribution in [2.24, 2.45) is 0 Å². The van der Waals surface area contributed by atoms with E-state index in [-0.39, 0.29) is 0 Å². The predicted octanol–water partition coefficient (Wildman–Crippen LogP) is 9.18. The second-order valence-corrected chi connectivity index (χ2v) is 10.0. The second kappa shape index (κ2) is 8.32. The fourth-order valence-electron chi connectivity index (χ4n) is 5.72. The molecule has 7 rings (SSSR count). The molecule has 7 aromatic rings. The van der Waals surface area contributed by atoms with E-state index in [4.69, 9.17) is 4.98 Å². The third-order valence-corrected chi connectivity index (χ3v) is 7.54. The van der Waals surface area contributed by atoms with Gasteiger partial charge in [0.2, 0.25) is 0 Å². The molecular weight excluding hydrogens is 462 g/mol. The Morgan fingerprint density at radius 1 is 0.526 bits per heavy atom. The lowest BCUT2D eigenvalue weighted by Crippen LogP contribution is -2.03. The third-order valence-electron chi connectivity index (χ3n) is 7.54. The molecule has 0 fully saturated rings. The molecule has 4 aromatic carbocycles. The van der Waals surface area contributed by atoms with E-state index >= 15 is 0 Å². The minimum atomic E-state index is 0.884. The van der Waals surface area contributed by atoms with Gasteiger partial charge in [0.25, 0.3) is 0 Å². The van der Waals surface area contributed by atoms with Gasteiger partial charge in [0.1, 0.15) is 11.6 Å². The van der Waals surface area contributed by atoms with Crippen LogP contribution in [-0.2, 0) is 0 Å². The first-order valence-electron chi connectivity index (χ1n) is 12.9. The molecule has 0 atom stereocenters. The molecule has 182 valence electrons. The van der Waals surface area contributed by atoms with Crippen molar-refractivity contribution >= 4 is 55.8 Å². The standard InChI is InChI=1S/C35H27N3/c1-5-24-12-16-32-28(20-24)29-21-25(6-2)13-17-33(29)38(32)35-9-7-8-34(36-35)37-30-14-10-22(3)18-26(30)27-19-23(4)11-15-31(27)37/h5-21H,1-2H2,3-4H3. The topological polar surface area (TPSA) is 22.8 Å². The van der Waals surface area contributed by atoms with Crippen LogP contribution in [0.3, 0.4) is 0 Å². The van der Waals surface area contributed by atoms with E-state index in [1.165, 1.54) is 32.7 Å². The fourth-order valence-corrected chi connectivity index (χ4v) is 5.72. The lowest BCUT2D eigenvalue weighted by molar-refractivity contribution is 1.01. The first kappa shape index (κ1) is 22.3. The molecule has 0 amide bonds. The minimum absolute atomic E-state index is 0.884. The molecule has 3 heterocycles. The van der Waals surface area contributed by atoms with Gasteiger partial charge >= 0.3 is 0 Å². The zero-order chi connectivity index (χ0) is 26.0. The first-order valence-corrected chi connectivity index (χ1v) is 12.9. The van der Waals surface area contributed by atoms with Crippen LogP contribution in [-0.4, -0.2) is 14.1 Å². The van der Waals surface area contributed by atoms with E-state index in [0.29, 0.717) is 0 Å². The van der Waals surface area contributed by atoms with Crippen LogP contribution < -0.4 is 0 Å². The van der Waals surface area contributed by atoms with Crippen molar-refractivity contribution in [3.05, 3.63) is 126 Å². The highest BCUT2D eigenvalue weighted by Crippen LogP contribution is 2.35. The van der Waals surface area contributed by atoms with Gasteiger partial charge in [-0.2, -0.15) is 0 Å². The second-order valence-electron chi connectivity index (χ2n) is 10.0. The highest BCUT2D eigenvalue weighted by atomic mass is 15.1. The summed E-state index contributed by atoms with van der Waals surface area (Å²) in [5.41, 5.74) is 9.25. The molecule has 38 heavy (non-hydrogen) atoms. The number of rotatable bonds is 4. The molecule has 3 nitrogen and oxygen atoms in total. The average Bonchev–Trinajstić information content (AvgIpc) is 3.44. The Bertz CT molecular complexity index is 1960. The monoisotopic (exact) mass is 489 g/mol. The third kappa shape index (κ3) is 3.25. The lowest BCUT2D eigenvalue weighted by Gasteiger charge is -2.12. The van der Waals surface area contributed by atoms with Crippen molar-refractivity contribution in [2.75, 3.05) is 0 Å². The Morgan fingerprint density at radius 3 is 1.34 bits per heavy atom. The molecule has 0 bridgehead atoms. The van der Waals surface area contributed by atoms with Gasteiger partial charge in [0.05, 0.1) is 22.1 Å². The number of pyridine rings is 1. The first-order chi connectivity index (χ1) is 18.6. The van der Waals surface area contributed by atoms with Crippen LogP contribution in [0.4, 0.5) is 0 Å². The molecule has 0 N–H and O–H groups in total. The Balaban J connectivity index is 1.53. The Kier molecular flexibility index (Phi) is 4.89. The molecule has 3 aromatic heterocycles. The Morgan fingerprint density at radius 2 is 0.921 bits per heavy atom. The molecule has 0 saturated carbocycles. The molecule has 3 heteroatoms. The van der Waals surface area contributed by atoms with Crippen molar-refractivity contribution in [3.8, 4) is 11.6 Å². The normalized spacial score (nSPS) is 11.6. The fraction of sp³-hybridized carbons (Fsp3) is 0.0571. The lowest BCUT2D eigenvalue weighted by atomic mass is 10.1. The van der Waals surface area contributed by atoms with Crippen molar-refractivity contribution in [3.63, 3.8) is 0 Å². The van der Waals surface area contributed by atoms with Gasteiger partial charge in [-0.1, -0.05) is 66.8 Å². The SMILES string of the molecule is C=Cc1ccc2c(c1)c1cc(C=C)ccc1n2-c1cccc(-n2c3ccc(C)cc3c3cc(C)ccc32)n1. The van der Waals surface area contributed by atoms with Crippen LogP contribution >= 0.6 is 0 Å². The van der Waals surface area contributed by atoms with Gasteiger partial charge in [0.15, 0.2) is 0 Å². The summed E-state index contributed by atoms with van der Waals surface area (Å²) in [7, 11) is 0. The van der Waals surface area contributed by atoms with Gasteiger partial charge in [0, 0.05) is 21.5 Å². The molecular formula is C35H27N3. The Hall–Kier alpha value is -4.89. The van der Waals surface area contributed by atoms with Gasteiger partial charge in [-0.05, 0) is 85.6 Å². The molecule has 0 aliphatic heterocycles. The van der Waals surface area contributed by atoms with Crippen LogP contribution in [0.25, 0.3) is 67.4 Å². The number of fused-ring (bicyclic) bond motifs is 6. The number of hydrogen-bond donors (Lipinski definition) is 0. The van der Waals surface area contributed by atoms with Crippen molar-refractivity contribution < 1.29 is 0 Å². The number of benzene rings is 4. The average molecular weight is 490 g/mol. The van der Waals surface area contributed by atoms with Gasteiger partial charge in [-0.3, -0.25) is 9.13 Å². The molecule has 0 spiro atoms. The highest BCUT2D eigenvalue weighted by Gasteiger charge is 2.17. The zero-order valence-corrected chi connectivity index (χ0v) is 21.6. The number of hydrogen-bond acceptors (Lipinski definition) is 1. The quantitative estimate of drug-likeness (QED) is 0.242. The van der Waals surface area contributed by atoms with E-state index < -0.39 is 0 Å². The van der Waals surface area contributed by atoms with E-state index in [1.807, 2.05) is 12.2 Å². The summed E-state index contributed by atoms with van der Waals surface area (Å²) in [5.74, 6) is 1.78. The highest BCUT2D eigenvalue weighted by molar-refractivity contribution is 6.11. The van der Waals surface area contributed by atoms with E-state index in [0.717, 1.165) is 44.8 Å². The summed E-state index contributed by atoms with van der Waals surface area (Å²) in [5, 5.41) is 4.86. The van der Waals surface area contributed by atoms with Crippen molar-refractivity contribution in [1.29, 1.82) is 0 Å². The molecule has 0 aliphatic carbocycles. The van der Waals surface area contributed by atoms with E-state index in [2.05, 4.69) is 127 Å². The van der Waals surface area contributed by atoms with Crippen LogP contribution in [0.2, 0.25) is 0 Å². The number of aromatic nitrogens is 3. The van der Waals surface area contributed by atoms with Crippen molar-refractivity contribution in [2.45, 2.75) is 13.8 Å². The van der Waals surface area contributed by atoms with Crippen LogP contribution in [0.15, 0.2) is 104 Å². The summed E-state index contributed by atoms with van der Waals surface area (Å²) >= 11 is 0. The summed E-state index contributed by atoms with van der Waals surface area (Å²) in [6, 6.07) is 32.6. The van der Waals surface area contributed by atoms with Gasteiger partial charge in [-0.25, -0.2) is 4.98 Å². The number of nitrogens with zero attached hydrogens (tertiary/aromatic N) is 3. The molecule has 0 aliphatic rings. The largest absolute Gasteiger partial charge is 0.294 e. The minimum Gasteiger partial charge on any atom is -0.294 e. The summed E-state index contributed by atoms with van der Waals surface area (Å²) in [6.45, 7) is 12.3. The summed E-state index contributed by atoms with van der Waals surface area (Å²) < 4.78 is 4.54. The molecule has 0 radical (unpaired) electrons. The smallest absolute Gasteiger partial charge is 0.140 e. The van der Waals surface area contributed by atoms with Gasteiger partial charge < -0.3 is 0 Å². The maximum Gasteiger partial charge on any atom is 0.140 e. The molecule has 0 unspecified atom stereocenters. The summed E-state index contributed by atoms with van der Waals surface area (Å²) in [6.07, 6.45) is 3.79. The van der Waals surface area contributed by atoms with Crippen LogP contribution in [0.5, 0.6) is 0 Å². The maximum atomic E-state index is 5.27. The van der Waals surface area contributed by atoms with Crippen LogP contribution in [0.1, 0.15) is 22.3 Å². The number of aryl methyl sites for hydroxylation is 2. The van der Waals surface area contributed by atoms with E-state index in [9.17, 15) is 0 Å². The van der Waals surface area contributed by atoms with Crippen molar-refractivity contribution in [1.82, 2.24) is 14.1 Å². The van der Waals surface area contributed by atoms with Crippen LogP contribution in [0, 0.1) is 13.8 Å². The maximum absolute atomic E-state index is 5.27. The van der Waals surface area contributed by atoms with E-state index in [1.54, 1.807) is 0 Å². The Labute approximate surface area is 221 Å². The van der Waals surface area contributed by atoms with Gasteiger partial charge in [-0.15, -0.1) is 0 Å². The predicted molar refractivity (Wildman–Crippen MR) is 163 cm³/mol.